The van der Waals surface area contributed by atoms with Crippen molar-refractivity contribution < 1.29 is 24.2 Å². The third-order valence-electron chi connectivity index (χ3n) is 6.32. The first-order valence-corrected chi connectivity index (χ1v) is 12.1. The summed E-state index contributed by atoms with van der Waals surface area (Å²) in [5.41, 5.74) is 3.09. The standard InChI is InChI=1S/C30H31NO5/c1-4-5-17-36-24-16-15-23(18-25(24)35-3)27-26(28(32)22-13-11-20(2)12-14-22)29(33)30(34)31(27)19-21-9-7-6-8-10-21/h6-16,18,27,32H,4-5,17,19H2,1-3H3/t27-/m1/s1. The average Bonchev–Trinajstić information content (AvgIpc) is 3.14. The van der Waals surface area contributed by atoms with Gasteiger partial charge < -0.3 is 19.5 Å². The van der Waals surface area contributed by atoms with Gasteiger partial charge in [0.05, 0.1) is 25.3 Å². The third kappa shape index (κ3) is 5.13. The van der Waals surface area contributed by atoms with Gasteiger partial charge in [-0.2, -0.15) is 0 Å². The molecule has 3 aromatic rings. The number of nitrogens with zero attached hydrogens (tertiary/aromatic N) is 1. The normalized spacial score (nSPS) is 16.9. The van der Waals surface area contributed by atoms with Crippen LogP contribution in [0.1, 0.15) is 48.1 Å². The number of benzene rings is 3. The van der Waals surface area contributed by atoms with Crippen molar-refractivity contribution in [1.29, 1.82) is 0 Å². The van der Waals surface area contributed by atoms with E-state index in [9.17, 15) is 14.7 Å². The summed E-state index contributed by atoms with van der Waals surface area (Å²) in [4.78, 5) is 28.1. The Kier molecular flexibility index (Phi) is 7.74. The Labute approximate surface area is 211 Å². The summed E-state index contributed by atoms with van der Waals surface area (Å²) in [5.74, 6) is -0.468. The molecular formula is C30H31NO5. The fraction of sp³-hybridized carbons (Fsp3) is 0.267. The highest BCUT2D eigenvalue weighted by molar-refractivity contribution is 6.46. The molecule has 3 aromatic carbocycles. The van der Waals surface area contributed by atoms with E-state index in [0.717, 1.165) is 24.0 Å². The summed E-state index contributed by atoms with van der Waals surface area (Å²) in [6.45, 7) is 4.82. The predicted molar refractivity (Wildman–Crippen MR) is 139 cm³/mol. The Balaban J connectivity index is 1.82. The summed E-state index contributed by atoms with van der Waals surface area (Å²) in [5, 5.41) is 11.3. The van der Waals surface area contributed by atoms with E-state index in [1.54, 1.807) is 31.4 Å². The molecule has 6 heteroatoms. The Bertz CT molecular complexity index is 1260. The lowest BCUT2D eigenvalue weighted by molar-refractivity contribution is -0.140. The van der Waals surface area contributed by atoms with Gasteiger partial charge in [-0.3, -0.25) is 9.59 Å². The molecule has 1 amide bonds. The van der Waals surface area contributed by atoms with Crippen LogP contribution in [0.5, 0.6) is 11.5 Å². The van der Waals surface area contributed by atoms with Crippen molar-refractivity contribution in [3.63, 3.8) is 0 Å². The number of carbonyl (C=O) groups excluding carboxylic acids is 2. The van der Waals surface area contributed by atoms with Crippen LogP contribution in [0.15, 0.2) is 78.4 Å². The maximum absolute atomic E-state index is 13.3. The van der Waals surface area contributed by atoms with E-state index in [2.05, 4.69) is 6.92 Å². The van der Waals surface area contributed by atoms with Crippen LogP contribution in [0.3, 0.4) is 0 Å². The van der Waals surface area contributed by atoms with Crippen LogP contribution in [-0.4, -0.2) is 35.4 Å². The number of likely N-dealkylation sites (tertiary alicyclic amines) is 1. The zero-order chi connectivity index (χ0) is 25.7. The molecule has 4 rings (SSSR count). The van der Waals surface area contributed by atoms with Crippen molar-refractivity contribution >= 4 is 17.4 Å². The maximum atomic E-state index is 13.3. The molecule has 1 aliphatic rings. The van der Waals surface area contributed by atoms with E-state index in [1.165, 1.54) is 4.90 Å². The zero-order valence-corrected chi connectivity index (χ0v) is 20.9. The van der Waals surface area contributed by atoms with Crippen LogP contribution >= 0.6 is 0 Å². The Morgan fingerprint density at radius 2 is 1.69 bits per heavy atom. The van der Waals surface area contributed by atoms with Gasteiger partial charge in [0.1, 0.15) is 5.76 Å². The molecule has 1 fully saturated rings. The molecule has 1 heterocycles. The summed E-state index contributed by atoms with van der Waals surface area (Å²) in [6.07, 6.45) is 1.92. The van der Waals surface area contributed by atoms with Crippen molar-refractivity contribution in [1.82, 2.24) is 4.90 Å². The summed E-state index contributed by atoms with van der Waals surface area (Å²) in [6, 6.07) is 21.3. The number of carbonyl (C=O) groups is 2. The van der Waals surface area contributed by atoms with Crippen LogP contribution < -0.4 is 9.47 Å². The fourth-order valence-electron chi connectivity index (χ4n) is 4.34. The Morgan fingerprint density at radius 1 is 0.972 bits per heavy atom. The molecule has 0 aromatic heterocycles. The number of ketones is 1. The minimum absolute atomic E-state index is 0.0569. The quantitative estimate of drug-likeness (QED) is 0.179. The molecule has 0 radical (unpaired) electrons. The maximum Gasteiger partial charge on any atom is 0.295 e. The van der Waals surface area contributed by atoms with Gasteiger partial charge in [-0.05, 0) is 36.6 Å². The molecule has 186 valence electrons. The lowest BCUT2D eigenvalue weighted by Gasteiger charge is -2.26. The smallest absolute Gasteiger partial charge is 0.295 e. The van der Waals surface area contributed by atoms with Crippen molar-refractivity contribution in [3.05, 3.63) is 101 Å². The van der Waals surface area contributed by atoms with Crippen molar-refractivity contribution in [3.8, 4) is 11.5 Å². The second kappa shape index (κ2) is 11.1. The molecule has 1 atom stereocenters. The molecule has 1 saturated heterocycles. The monoisotopic (exact) mass is 485 g/mol. The number of aryl methyl sites for hydroxylation is 1. The van der Waals surface area contributed by atoms with Crippen LogP contribution in [0.25, 0.3) is 5.76 Å². The summed E-state index contributed by atoms with van der Waals surface area (Å²) < 4.78 is 11.5. The fourth-order valence-corrected chi connectivity index (χ4v) is 4.34. The number of rotatable bonds is 9. The molecule has 0 spiro atoms. The number of ether oxygens (including phenoxy) is 2. The molecule has 0 saturated carbocycles. The number of aliphatic hydroxyl groups is 1. The van der Waals surface area contributed by atoms with Crippen LogP contribution in [0.4, 0.5) is 0 Å². The number of hydrogen-bond donors (Lipinski definition) is 1. The first-order chi connectivity index (χ1) is 17.4. The van der Waals surface area contributed by atoms with Crippen LogP contribution in [-0.2, 0) is 16.1 Å². The first kappa shape index (κ1) is 25.0. The second-order valence-corrected chi connectivity index (χ2v) is 8.89. The van der Waals surface area contributed by atoms with Crippen LogP contribution in [0.2, 0.25) is 0 Å². The van der Waals surface area contributed by atoms with E-state index in [4.69, 9.17) is 9.47 Å². The lowest BCUT2D eigenvalue weighted by Crippen LogP contribution is -2.29. The number of methoxy groups -OCH3 is 1. The Hall–Kier alpha value is -4.06. The van der Waals surface area contributed by atoms with E-state index in [0.29, 0.717) is 29.2 Å². The minimum Gasteiger partial charge on any atom is -0.507 e. The lowest BCUT2D eigenvalue weighted by atomic mass is 9.94. The average molecular weight is 486 g/mol. The number of unbranched alkanes of at least 4 members (excludes halogenated alkanes) is 1. The number of aliphatic hydroxyl groups excluding tert-OH is 1. The first-order valence-electron chi connectivity index (χ1n) is 12.1. The van der Waals surface area contributed by atoms with Crippen molar-refractivity contribution in [2.24, 2.45) is 0 Å². The minimum atomic E-state index is -0.787. The number of amides is 1. The highest BCUT2D eigenvalue weighted by Crippen LogP contribution is 2.42. The van der Waals surface area contributed by atoms with Gasteiger partial charge in [0.15, 0.2) is 11.5 Å². The van der Waals surface area contributed by atoms with Crippen molar-refractivity contribution in [2.75, 3.05) is 13.7 Å². The third-order valence-corrected chi connectivity index (χ3v) is 6.32. The largest absolute Gasteiger partial charge is 0.507 e. The molecule has 0 unspecified atom stereocenters. The molecular weight excluding hydrogens is 454 g/mol. The zero-order valence-electron chi connectivity index (χ0n) is 20.9. The summed E-state index contributed by atoms with van der Waals surface area (Å²) in [7, 11) is 1.55. The van der Waals surface area contributed by atoms with Gasteiger partial charge in [0.25, 0.3) is 11.7 Å². The second-order valence-electron chi connectivity index (χ2n) is 8.89. The highest BCUT2D eigenvalue weighted by Gasteiger charge is 2.46. The van der Waals surface area contributed by atoms with Gasteiger partial charge in [-0.25, -0.2) is 0 Å². The number of Topliss-reactive ketones (excluding diaryl/α,β-unsaturated/α-hetero) is 1. The van der Waals surface area contributed by atoms with Gasteiger partial charge in [0.2, 0.25) is 0 Å². The van der Waals surface area contributed by atoms with Gasteiger partial charge in [-0.1, -0.05) is 79.6 Å². The van der Waals surface area contributed by atoms with Crippen LogP contribution in [0, 0.1) is 6.92 Å². The predicted octanol–water partition coefficient (Wildman–Crippen LogP) is 5.80. The van der Waals surface area contributed by atoms with E-state index in [-0.39, 0.29) is 17.9 Å². The van der Waals surface area contributed by atoms with E-state index >= 15 is 0 Å². The summed E-state index contributed by atoms with van der Waals surface area (Å²) >= 11 is 0. The number of hydrogen-bond acceptors (Lipinski definition) is 5. The van der Waals surface area contributed by atoms with Gasteiger partial charge in [0, 0.05) is 12.1 Å². The van der Waals surface area contributed by atoms with Crippen molar-refractivity contribution in [2.45, 2.75) is 39.3 Å². The molecule has 36 heavy (non-hydrogen) atoms. The van der Waals surface area contributed by atoms with Gasteiger partial charge >= 0.3 is 0 Å². The van der Waals surface area contributed by atoms with E-state index < -0.39 is 17.7 Å². The molecule has 1 N–H and O–H groups in total. The Morgan fingerprint density at radius 3 is 2.36 bits per heavy atom. The molecule has 0 aliphatic carbocycles. The SMILES string of the molecule is CCCCOc1ccc([C@@H]2C(=C(O)c3ccc(C)cc3)C(=O)C(=O)N2Cc2ccccc2)cc1OC. The molecule has 0 bridgehead atoms. The molecule has 6 nitrogen and oxygen atoms in total. The van der Waals surface area contributed by atoms with E-state index in [1.807, 2.05) is 55.5 Å². The molecule has 1 aliphatic heterocycles. The highest BCUT2D eigenvalue weighted by atomic mass is 16.5. The van der Waals surface area contributed by atoms with Gasteiger partial charge in [-0.15, -0.1) is 0 Å². The topological polar surface area (TPSA) is 76.1 Å².